The fourth-order valence-corrected chi connectivity index (χ4v) is 4.65. The van der Waals surface area contributed by atoms with Crippen molar-refractivity contribution in [2.75, 3.05) is 26.7 Å². The number of amides is 2. The third-order valence-electron chi connectivity index (χ3n) is 4.97. The van der Waals surface area contributed by atoms with Gasteiger partial charge >= 0.3 is 0 Å². The molecule has 0 bridgehead atoms. The van der Waals surface area contributed by atoms with Crippen LogP contribution in [0.5, 0.6) is 0 Å². The van der Waals surface area contributed by atoms with E-state index in [4.69, 9.17) is 0 Å². The van der Waals surface area contributed by atoms with E-state index in [-0.39, 0.29) is 17.2 Å². The molecule has 2 aliphatic heterocycles. The largest absolute Gasteiger partial charge is 0.345 e. The Labute approximate surface area is 135 Å². The molecule has 1 aromatic heterocycles. The summed E-state index contributed by atoms with van der Waals surface area (Å²) >= 11 is 1.60. The zero-order valence-corrected chi connectivity index (χ0v) is 14.3. The fourth-order valence-electron chi connectivity index (χ4n) is 3.72. The number of piperidine rings is 1. The van der Waals surface area contributed by atoms with Crippen molar-refractivity contribution in [1.29, 1.82) is 0 Å². The molecule has 0 aliphatic carbocycles. The maximum atomic E-state index is 12.6. The highest BCUT2D eigenvalue weighted by atomic mass is 32.1. The Kier molecular flexibility index (Phi) is 3.97. The van der Waals surface area contributed by atoms with Crippen LogP contribution < -0.4 is 0 Å². The first-order valence-electron chi connectivity index (χ1n) is 7.87. The molecule has 0 N–H and O–H groups in total. The van der Waals surface area contributed by atoms with Gasteiger partial charge in [-0.25, -0.2) is 4.98 Å². The van der Waals surface area contributed by atoms with E-state index in [1.165, 1.54) is 0 Å². The van der Waals surface area contributed by atoms with Crippen LogP contribution >= 0.6 is 11.3 Å². The number of thiazole rings is 1. The van der Waals surface area contributed by atoms with Crippen molar-refractivity contribution >= 4 is 23.2 Å². The highest BCUT2D eigenvalue weighted by molar-refractivity contribution is 7.11. The lowest BCUT2D eigenvalue weighted by Crippen LogP contribution is -2.48. The molecular weight excluding hydrogens is 298 g/mol. The summed E-state index contributed by atoms with van der Waals surface area (Å²) < 4.78 is 0. The summed E-state index contributed by atoms with van der Waals surface area (Å²) in [6.07, 6.45) is 3.18. The van der Waals surface area contributed by atoms with Crippen molar-refractivity contribution in [3.63, 3.8) is 0 Å². The van der Waals surface area contributed by atoms with E-state index < -0.39 is 0 Å². The van der Waals surface area contributed by atoms with Gasteiger partial charge in [-0.2, -0.15) is 0 Å². The van der Waals surface area contributed by atoms with Gasteiger partial charge in [0.1, 0.15) is 0 Å². The molecule has 2 saturated heterocycles. The van der Waals surface area contributed by atoms with Crippen molar-refractivity contribution in [3.8, 4) is 0 Å². The van der Waals surface area contributed by atoms with Gasteiger partial charge in [0.25, 0.3) is 0 Å². The Morgan fingerprint density at radius 2 is 2.09 bits per heavy atom. The molecule has 2 aliphatic rings. The minimum Gasteiger partial charge on any atom is -0.345 e. The monoisotopic (exact) mass is 321 g/mol. The molecule has 120 valence electrons. The van der Waals surface area contributed by atoms with Gasteiger partial charge in [0.15, 0.2) is 0 Å². The lowest BCUT2D eigenvalue weighted by Gasteiger charge is -2.37. The summed E-state index contributed by atoms with van der Waals surface area (Å²) in [7, 11) is 1.87. The van der Waals surface area contributed by atoms with Gasteiger partial charge < -0.3 is 9.80 Å². The molecule has 6 heteroatoms. The highest BCUT2D eigenvalue weighted by Crippen LogP contribution is 2.39. The first-order valence-corrected chi connectivity index (χ1v) is 8.69. The maximum absolute atomic E-state index is 12.6. The number of rotatable bonds is 2. The van der Waals surface area contributed by atoms with Crippen molar-refractivity contribution in [2.24, 2.45) is 5.41 Å². The van der Waals surface area contributed by atoms with Gasteiger partial charge in [-0.3, -0.25) is 9.59 Å². The SMILES string of the molecule is Cc1nc(C)c(CC(=O)N2CCC3(CCCN(C)C3=O)C2)s1. The van der Waals surface area contributed by atoms with Gasteiger partial charge in [-0.15, -0.1) is 11.3 Å². The van der Waals surface area contributed by atoms with E-state index in [1.807, 2.05) is 30.7 Å². The van der Waals surface area contributed by atoms with Crippen LogP contribution in [-0.2, 0) is 16.0 Å². The van der Waals surface area contributed by atoms with Gasteiger partial charge in [0.2, 0.25) is 11.8 Å². The Balaban J connectivity index is 1.68. The third kappa shape index (κ3) is 2.64. The summed E-state index contributed by atoms with van der Waals surface area (Å²) in [4.78, 5) is 34.2. The standard InChI is InChI=1S/C16H23N3O2S/c1-11-13(22-12(2)17-11)9-14(20)19-8-6-16(10-19)5-4-7-18(3)15(16)21/h4-10H2,1-3H3. The van der Waals surface area contributed by atoms with Crippen LogP contribution in [0.25, 0.3) is 0 Å². The van der Waals surface area contributed by atoms with E-state index in [2.05, 4.69) is 4.98 Å². The molecular formula is C16H23N3O2S. The summed E-state index contributed by atoms with van der Waals surface area (Å²) in [5.74, 6) is 0.350. The second kappa shape index (κ2) is 5.65. The van der Waals surface area contributed by atoms with Gasteiger partial charge in [-0.05, 0) is 33.1 Å². The number of aromatic nitrogens is 1. The van der Waals surface area contributed by atoms with Gasteiger partial charge in [0.05, 0.1) is 22.5 Å². The Morgan fingerprint density at radius 3 is 2.77 bits per heavy atom. The number of carbonyl (C=O) groups excluding carboxylic acids is 2. The molecule has 0 radical (unpaired) electrons. The zero-order valence-electron chi connectivity index (χ0n) is 13.5. The second-order valence-corrected chi connectivity index (χ2v) is 7.88. The minimum absolute atomic E-state index is 0.129. The number of carbonyl (C=O) groups is 2. The Bertz CT molecular complexity index is 613. The highest BCUT2D eigenvalue weighted by Gasteiger charge is 2.48. The Morgan fingerprint density at radius 1 is 1.32 bits per heavy atom. The van der Waals surface area contributed by atoms with Gasteiger partial charge in [-0.1, -0.05) is 0 Å². The summed E-state index contributed by atoms with van der Waals surface area (Å²) in [5.41, 5.74) is 0.639. The van der Waals surface area contributed by atoms with Crippen LogP contribution in [0.2, 0.25) is 0 Å². The van der Waals surface area contributed by atoms with E-state index in [1.54, 1.807) is 11.3 Å². The number of likely N-dealkylation sites (tertiary alicyclic amines) is 2. The molecule has 3 rings (SSSR count). The summed E-state index contributed by atoms with van der Waals surface area (Å²) in [6, 6.07) is 0. The molecule has 1 unspecified atom stereocenters. The van der Waals surface area contributed by atoms with Crippen LogP contribution in [0.1, 0.15) is 34.8 Å². The van der Waals surface area contributed by atoms with Crippen molar-refractivity contribution in [1.82, 2.24) is 14.8 Å². The second-order valence-electron chi connectivity index (χ2n) is 6.59. The van der Waals surface area contributed by atoms with Crippen molar-refractivity contribution in [2.45, 2.75) is 39.5 Å². The number of hydrogen-bond donors (Lipinski definition) is 0. The molecule has 1 atom stereocenters. The topological polar surface area (TPSA) is 53.5 Å². The number of nitrogens with zero attached hydrogens (tertiary/aromatic N) is 3. The van der Waals surface area contributed by atoms with Crippen LogP contribution in [0, 0.1) is 19.3 Å². The van der Waals surface area contributed by atoms with E-state index in [0.717, 1.165) is 41.4 Å². The van der Waals surface area contributed by atoms with E-state index in [9.17, 15) is 9.59 Å². The quantitative estimate of drug-likeness (QED) is 0.834. The van der Waals surface area contributed by atoms with Crippen LogP contribution in [0.3, 0.4) is 0 Å². The molecule has 3 heterocycles. The van der Waals surface area contributed by atoms with Crippen LogP contribution in [0.15, 0.2) is 0 Å². The smallest absolute Gasteiger partial charge is 0.230 e. The third-order valence-corrected chi connectivity index (χ3v) is 6.04. The lowest BCUT2D eigenvalue weighted by atomic mass is 9.78. The maximum Gasteiger partial charge on any atom is 0.230 e. The predicted molar refractivity (Wildman–Crippen MR) is 85.8 cm³/mol. The Hall–Kier alpha value is -1.43. The van der Waals surface area contributed by atoms with Crippen molar-refractivity contribution < 1.29 is 9.59 Å². The van der Waals surface area contributed by atoms with E-state index >= 15 is 0 Å². The average molecular weight is 321 g/mol. The minimum atomic E-state index is -0.318. The fraction of sp³-hybridized carbons (Fsp3) is 0.688. The first kappa shape index (κ1) is 15.5. The van der Waals surface area contributed by atoms with E-state index in [0.29, 0.717) is 19.5 Å². The summed E-state index contributed by atoms with van der Waals surface area (Å²) in [5, 5.41) is 1.00. The normalized spacial score (nSPS) is 25.3. The molecule has 22 heavy (non-hydrogen) atoms. The summed E-state index contributed by atoms with van der Waals surface area (Å²) in [6.45, 7) is 6.05. The lowest BCUT2D eigenvalue weighted by molar-refractivity contribution is -0.144. The van der Waals surface area contributed by atoms with Gasteiger partial charge in [0, 0.05) is 31.6 Å². The molecule has 0 saturated carbocycles. The van der Waals surface area contributed by atoms with Crippen molar-refractivity contribution in [3.05, 3.63) is 15.6 Å². The molecule has 2 amide bonds. The predicted octanol–water partition coefficient (Wildman–Crippen LogP) is 1.77. The average Bonchev–Trinajstić information content (AvgIpc) is 3.01. The van der Waals surface area contributed by atoms with Crippen LogP contribution in [-0.4, -0.2) is 53.3 Å². The zero-order chi connectivity index (χ0) is 15.9. The first-order chi connectivity index (χ1) is 10.4. The van der Waals surface area contributed by atoms with Crippen LogP contribution in [0.4, 0.5) is 0 Å². The number of hydrogen-bond acceptors (Lipinski definition) is 4. The molecule has 1 aromatic rings. The molecule has 1 spiro atoms. The molecule has 5 nitrogen and oxygen atoms in total. The molecule has 2 fully saturated rings. The number of aryl methyl sites for hydroxylation is 2. The molecule has 0 aromatic carbocycles.